The minimum absolute atomic E-state index is 0.0858. The molecule has 2 aromatic carbocycles. The first-order valence-electron chi connectivity index (χ1n) is 17.7. The van der Waals surface area contributed by atoms with Crippen molar-refractivity contribution in [2.24, 2.45) is 5.92 Å². The molecule has 1 aliphatic carbocycles. The van der Waals surface area contributed by atoms with Gasteiger partial charge in [-0.15, -0.1) is 0 Å². The minimum atomic E-state index is -0.463. The lowest BCUT2D eigenvalue weighted by Crippen LogP contribution is -2.50. The molecule has 2 N–H and O–H groups in total. The molecule has 0 unspecified atom stereocenters. The standard InChI is InChI=1S/C25H30FN3O3.C5H8BN.C4H10.C2H4O.C2H6/c1-27-21-14-19(13-20(26)16-21)25(32)29-11-9-28(10-12-29)24(31)18-7-8-23(30)22(15-18)17-5-3-2-4-6-17;7-5-6-3-1-2-4-6;1-4(2)3;1-2-3;1-2/h7-8,13-17,27,30H,2-6,9-12H2,1H3;1-4H2;4H,1-3H3;2H,1H3;1-2H3. The van der Waals surface area contributed by atoms with Crippen LogP contribution in [0.1, 0.15) is 119 Å². The van der Waals surface area contributed by atoms with E-state index < -0.39 is 5.82 Å². The predicted molar refractivity (Wildman–Crippen MR) is 195 cm³/mol. The van der Waals surface area contributed by atoms with Crippen LogP contribution in [0.4, 0.5) is 10.1 Å². The van der Waals surface area contributed by atoms with Gasteiger partial charge >= 0.3 is 0 Å². The highest BCUT2D eigenvalue weighted by molar-refractivity contribution is 6.67. The Morgan fingerprint density at radius 1 is 0.917 bits per heavy atom. The number of hydrogen-bond acceptors (Lipinski definition) is 6. The van der Waals surface area contributed by atoms with Crippen molar-refractivity contribution in [1.29, 1.82) is 5.26 Å². The van der Waals surface area contributed by atoms with E-state index in [1.165, 1.54) is 38.3 Å². The van der Waals surface area contributed by atoms with Gasteiger partial charge in [-0.1, -0.05) is 79.4 Å². The number of anilines is 1. The summed E-state index contributed by atoms with van der Waals surface area (Å²) in [5, 5.41) is 21.5. The van der Waals surface area contributed by atoms with Gasteiger partial charge in [0, 0.05) is 56.0 Å². The lowest BCUT2D eigenvalue weighted by Gasteiger charge is -2.35. The van der Waals surface area contributed by atoms with Crippen molar-refractivity contribution in [3.8, 4) is 11.7 Å². The number of aromatic hydroxyl groups is 1. The molecular formula is C38H58BFN4O4. The molecule has 2 aromatic rings. The summed E-state index contributed by atoms with van der Waals surface area (Å²) < 4.78 is 13.8. The topological polar surface area (TPSA) is 114 Å². The zero-order valence-corrected chi connectivity index (χ0v) is 30.4. The molecule has 0 spiro atoms. The van der Waals surface area contributed by atoms with E-state index in [4.69, 9.17) is 10.1 Å². The number of nitrogens with one attached hydrogen (secondary N) is 1. The van der Waals surface area contributed by atoms with E-state index in [0.29, 0.717) is 55.6 Å². The number of halogens is 1. The van der Waals surface area contributed by atoms with Crippen molar-refractivity contribution in [3.05, 3.63) is 58.9 Å². The Hall–Kier alpha value is -3.87. The molecule has 10 heteroatoms. The van der Waals surface area contributed by atoms with Crippen LogP contribution in [0.25, 0.3) is 0 Å². The zero-order chi connectivity index (χ0) is 36.1. The van der Waals surface area contributed by atoms with Crippen LogP contribution in [0.3, 0.4) is 0 Å². The maximum atomic E-state index is 13.8. The summed E-state index contributed by atoms with van der Waals surface area (Å²) in [5.74, 6) is 2.88. The summed E-state index contributed by atoms with van der Waals surface area (Å²) >= 11 is 0. The molecular weight excluding hydrogens is 606 g/mol. The van der Waals surface area contributed by atoms with E-state index in [1.807, 2.05) is 19.9 Å². The smallest absolute Gasteiger partial charge is 0.267 e. The second kappa shape index (κ2) is 23.5. The number of amides is 2. The van der Waals surface area contributed by atoms with E-state index in [0.717, 1.165) is 56.1 Å². The fourth-order valence-electron chi connectivity index (χ4n) is 5.82. The first-order valence-corrected chi connectivity index (χ1v) is 17.7. The lowest BCUT2D eigenvalue weighted by atomic mass is 9.50. The summed E-state index contributed by atoms with van der Waals surface area (Å²) in [4.78, 5) is 38.1. The summed E-state index contributed by atoms with van der Waals surface area (Å²) in [7, 11) is 1.68. The van der Waals surface area contributed by atoms with Gasteiger partial charge in [0.25, 0.3) is 18.5 Å². The Kier molecular flexibility index (Phi) is 20.6. The second-order valence-corrected chi connectivity index (χ2v) is 12.7. The largest absolute Gasteiger partial charge is 0.508 e. The number of phenolic OH excluding ortho intramolecular Hbond substituents is 1. The van der Waals surface area contributed by atoms with Gasteiger partial charge in [0.05, 0.1) is 0 Å². The first kappa shape index (κ1) is 42.2. The highest BCUT2D eigenvalue weighted by atomic mass is 19.1. The Balaban J connectivity index is 0.000000598. The molecule has 2 amide bonds. The Morgan fingerprint density at radius 2 is 1.42 bits per heavy atom. The van der Waals surface area contributed by atoms with Crippen LogP contribution in [0, 0.1) is 23.0 Å². The van der Waals surface area contributed by atoms with Crippen molar-refractivity contribution in [3.63, 3.8) is 0 Å². The highest BCUT2D eigenvalue weighted by Gasteiger charge is 2.27. The van der Waals surface area contributed by atoms with Crippen molar-refractivity contribution < 1.29 is 23.9 Å². The Bertz CT molecular complexity index is 1290. The molecule has 1 saturated carbocycles. The van der Waals surface area contributed by atoms with E-state index >= 15 is 0 Å². The SMILES string of the molecule is CC.CC(C)C.CC=O.CNc1cc(F)cc(C(=O)N2CCN(C(=O)c3ccc(O)c(C4CCCCC4)c3)CC2)c1.N#CB1CCCC1. The van der Waals surface area contributed by atoms with Crippen molar-refractivity contribution >= 4 is 30.5 Å². The number of piperazine rings is 1. The number of benzene rings is 2. The van der Waals surface area contributed by atoms with Gasteiger partial charge in [-0.25, -0.2) is 9.65 Å². The third kappa shape index (κ3) is 14.5. The summed E-state index contributed by atoms with van der Waals surface area (Å²) in [6.45, 7) is 14.0. The maximum Gasteiger partial charge on any atom is 0.267 e. The van der Waals surface area contributed by atoms with E-state index in [-0.39, 0.29) is 17.6 Å². The average molecular weight is 665 g/mol. The molecule has 0 atom stereocenters. The van der Waals surface area contributed by atoms with Crippen molar-refractivity contribution in [1.82, 2.24) is 9.80 Å². The van der Waals surface area contributed by atoms with E-state index in [1.54, 1.807) is 35.0 Å². The van der Waals surface area contributed by atoms with Gasteiger partial charge in [0.1, 0.15) is 17.9 Å². The summed E-state index contributed by atoms with van der Waals surface area (Å²) in [6, 6.07) is 9.35. The minimum Gasteiger partial charge on any atom is -0.508 e. The predicted octanol–water partition coefficient (Wildman–Crippen LogP) is 8.45. The summed E-state index contributed by atoms with van der Waals surface area (Å²) in [5.41, 5.74) is 2.29. The van der Waals surface area contributed by atoms with Crippen molar-refractivity contribution in [2.45, 2.75) is 105 Å². The molecule has 0 bridgehead atoms. The summed E-state index contributed by atoms with van der Waals surface area (Å²) in [6.07, 6.45) is 11.2. The van der Waals surface area contributed by atoms with Gasteiger partial charge in [0.15, 0.2) is 0 Å². The van der Waals surface area contributed by atoms with Crippen molar-refractivity contribution in [2.75, 3.05) is 38.5 Å². The molecule has 2 heterocycles. The number of nitriles is 1. The Labute approximate surface area is 289 Å². The number of phenols is 1. The average Bonchev–Trinajstić information content (AvgIpc) is 3.64. The highest BCUT2D eigenvalue weighted by Crippen LogP contribution is 2.37. The van der Waals surface area contributed by atoms with Gasteiger partial charge in [-0.05, 0) is 73.6 Å². The monoisotopic (exact) mass is 664 g/mol. The molecule has 0 aromatic heterocycles. The third-order valence-corrected chi connectivity index (χ3v) is 8.14. The van der Waals surface area contributed by atoms with Gasteiger partial charge in [-0.3, -0.25) is 9.59 Å². The second-order valence-electron chi connectivity index (χ2n) is 12.7. The third-order valence-electron chi connectivity index (χ3n) is 8.14. The Morgan fingerprint density at radius 3 is 1.88 bits per heavy atom. The molecule has 264 valence electrons. The number of aldehydes is 1. The number of hydrogen-bond donors (Lipinski definition) is 2. The van der Waals surface area contributed by atoms with Crippen LogP contribution in [-0.4, -0.2) is 72.9 Å². The van der Waals surface area contributed by atoms with Crippen LogP contribution in [0.15, 0.2) is 36.4 Å². The fraction of sp³-hybridized carbons (Fsp3) is 0.579. The number of carbonyl (C=O) groups excluding carboxylic acids is 3. The van der Waals surface area contributed by atoms with Crippen LogP contribution in [0.5, 0.6) is 5.75 Å². The number of nitrogens with zero attached hydrogens (tertiary/aromatic N) is 3. The first-order chi connectivity index (χ1) is 23.0. The quantitative estimate of drug-likeness (QED) is 0.251. The molecule has 3 fully saturated rings. The van der Waals surface area contributed by atoms with Crippen LogP contribution in [0.2, 0.25) is 12.6 Å². The molecule has 2 saturated heterocycles. The van der Waals surface area contributed by atoms with Gasteiger partial charge in [-0.2, -0.15) is 0 Å². The van der Waals surface area contributed by atoms with Crippen LogP contribution >= 0.6 is 0 Å². The number of rotatable bonds is 4. The molecule has 3 aliphatic rings. The van der Waals surface area contributed by atoms with E-state index in [2.05, 4.69) is 32.1 Å². The number of carbonyl (C=O) groups is 3. The van der Waals surface area contributed by atoms with Crippen LogP contribution < -0.4 is 5.32 Å². The maximum absolute atomic E-state index is 13.8. The molecule has 48 heavy (non-hydrogen) atoms. The molecule has 5 rings (SSSR count). The van der Waals surface area contributed by atoms with Gasteiger partial charge < -0.3 is 25.0 Å². The molecule has 0 radical (unpaired) electrons. The fourth-order valence-corrected chi connectivity index (χ4v) is 5.82. The zero-order valence-electron chi connectivity index (χ0n) is 30.4. The van der Waals surface area contributed by atoms with E-state index in [9.17, 15) is 19.1 Å². The van der Waals surface area contributed by atoms with Gasteiger partial charge in [0.2, 0.25) is 0 Å². The molecule has 8 nitrogen and oxygen atoms in total. The molecule has 2 aliphatic heterocycles. The normalized spacial score (nSPS) is 15.5. The van der Waals surface area contributed by atoms with Crippen LogP contribution in [-0.2, 0) is 4.79 Å². The lowest BCUT2D eigenvalue weighted by molar-refractivity contribution is -0.106.